The van der Waals surface area contributed by atoms with E-state index in [9.17, 15) is 4.79 Å². The summed E-state index contributed by atoms with van der Waals surface area (Å²) in [5.74, 6) is -0.864. The van der Waals surface area contributed by atoms with Gasteiger partial charge in [0, 0.05) is 6.42 Å². The largest absolute Gasteiger partial charge is 0.481 e. The van der Waals surface area contributed by atoms with E-state index in [1.165, 1.54) is 0 Å². The Bertz CT molecular complexity index is 140. The van der Waals surface area contributed by atoms with Gasteiger partial charge in [0.2, 0.25) is 0 Å². The summed E-state index contributed by atoms with van der Waals surface area (Å²) in [6.45, 7) is 3.19. The van der Waals surface area contributed by atoms with Crippen molar-refractivity contribution in [2.75, 3.05) is 0 Å². The zero-order chi connectivity index (χ0) is 11.1. The van der Waals surface area contributed by atoms with Gasteiger partial charge in [-0.2, -0.15) is 0 Å². The standard InChI is InChI=1S/C6H12O3.CHCl3/c1-6(2,9)4-3-5(7)8;2-1(3)4/h9H,3-4H2,1-2H3,(H,7,8);1H. The Balaban J connectivity index is 0. The first-order valence-corrected chi connectivity index (χ1v) is 4.82. The molecule has 0 rings (SSSR count). The van der Waals surface area contributed by atoms with Crippen molar-refractivity contribution in [3.63, 3.8) is 0 Å². The van der Waals surface area contributed by atoms with Crippen molar-refractivity contribution in [2.45, 2.75) is 36.6 Å². The van der Waals surface area contributed by atoms with Crippen molar-refractivity contribution in [3.05, 3.63) is 0 Å². The minimum atomic E-state index is -0.864. The molecule has 0 unspecified atom stereocenters. The summed E-state index contributed by atoms with van der Waals surface area (Å²) >= 11 is 14.4. The summed E-state index contributed by atoms with van der Waals surface area (Å²) < 4.78 is -0.750. The molecule has 80 valence electrons. The van der Waals surface area contributed by atoms with Gasteiger partial charge in [0.15, 0.2) is 4.30 Å². The number of alkyl halides is 3. The zero-order valence-corrected chi connectivity index (χ0v) is 9.70. The third-order valence-electron chi connectivity index (χ3n) is 0.951. The van der Waals surface area contributed by atoms with Crippen LogP contribution in [0.5, 0.6) is 0 Å². The summed E-state index contributed by atoms with van der Waals surface area (Å²) in [4.78, 5) is 9.93. The van der Waals surface area contributed by atoms with Crippen LogP contribution in [0.15, 0.2) is 0 Å². The van der Waals surface area contributed by atoms with E-state index in [0.29, 0.717) is 6.42 Å². The van der Waals surface area contributed by atoms with Gasteiger partial charge in [0.25, 0.3) is 0 Å². The molecule has 0 saturated heterocycles. The number of carboxylic acid groups (broad SMARTS) is 1. The summed E-state index contributed by atoms with van der Waals surface area (Å²) in [5, 5.41) is 17.2. The third kappa shape index (κ3) is 32.9. The van der Waals surface area contributed by atoms with Gasteiger partial charge in [0.05, 0.1) is 5.60 Å². The molecule has 0 amide bonds. The van der Waals surface area contributed by atoms with Gasteiger partial charge < -0.3 is 10.2 Å². The van der Waals surface area contributed by atoms with Crippen LogP contribution < -0.4 is 0 Å². The third-order valence-corrected chi connectivity index (χ3v) is 0.951. The number of carboxylic acids is 1. The monoisotopic (exact) mass is 250 g/mol. The van der Waals surface area contributed by atoms with E-state index < -0.39 is 15.9 Å². The van der Waals surface area contributed by atoms with Crippen molar-refractivity contribution >= 4 is 40.8 Å². The second-order valence-electron chi connectivity index (χ2n) is 2.95. The molecule has 0 saturated carbocycles. The predicted molar refractivity (Wildman–Crippen MR) is 54.5 cm³/mol. The lowest BCUT2D eigenvalue weighted by molar-refractivity contribution is -0.138. The van der Waals surface area contributed by atoms with Crippen LogP contribution in [-0.2, 0) is 4.79 Å². The molecule has 0 aromatic rings. The smallest absolute Gasteiger partial charge is 0.303 e. The van der Waals surface area contributed by atoms with Gasteiger partial charge in [-0.25, -0.2) is 0 Å². The lowest BCUT2D eigenvalue weighted by atomic mass is 10.0. The lowest BCUT2D eigenvalue weighted by Crippen LogP contribution is -2.19. The van der Waals surface area contributed by atoms with Crippen molar-refractivity contribution in [1.82, 2.24) is 0 Å². The van der Waals surface area contributed by atoms with Gasteiger partial charge in [-0.1, -0.05) is 34.8 Å². The number of hydrogen-bond donors (Lipinski definition) is 2. The van der Waals surface area contributed by atoms with Crippen LogP contribution in [0.25, 0.3) is 0 Å². The highest BCUT2D eigenvalue weighted by atomic mass is 35.6. The molecule has 0 aromatic carbocycles. The maximum Gasteiger partial charge on any atom is 0.303 e. The first-order chi connectivity index (χ1) is 5.65. The molecule has 0 heterocycles. The van der Waals surface area contributed by atoms with E-state index in [-0.39, 0.29) is 6.42 Å². The van der Waals surface area contributed by atoms with E-state index in [2.05, 4.69) is 0 Å². The first kappa shape index (κ1) is 15.8. The number of aliphatic hydroxyl groups is 1. The molecule has 3 nitrogen and oxygen atoms in total. The minimum Gasteiger partial charge on any atom is -0.481 e. The van der Waals surface area contributed by atoms with Crippen LogP contribution in [0, 0.1) is 0 Å². The summed E-state index contributed by atoms with van der Waals surface area (Å²) in [6, 6.07) is 0. The van der Waals surface area contributed by atoms with Crippen LogP contribution in [0.4, 0.5) is 0 Å². The molecule has 2 N–H and O–H groups in total. The van der Waals surface area contributed by atoms with E-state index in [1.807, 2.05) is 0 Å². The highest BCUT2D eigenvalue weighted by Crippen LogP contribution is 2.09. The highest BCUT2D eigenvalue weighted by molar-refractivity contribution is 6.63. The number of aliphatic carboxylic acids is 1. The van der Waals surface area contributed by atoms with Crippen LogP contribution in [0.1, 0.15) is 26.7 Å². The molecule has 13 heavy (non-hydrogen) atoms. The topological polar surface area (TPSA) is 57.5 Å². The molecule has 0 spiro atoms. The molecule has 0 atom stereocenters. The van der Waals surface area contributed by atoms with E-state index >= 15 is 0 Å². The van der Waals surface area contributed by atoms with Crippen molar-refractivity contribution in [2.24, 2.45) is 0 Å². The Hall–Kier alpha value is 0.300. The summed E-state index contributed by atoms with van der Waals surface area (Å²) in [6.07, 6.45) is 0.339. The molecular weight excluding hydrogens is 238 g/mol. The van der Waals surface area contributed by atoms with Crippen molar-refractivity contribution in [1.29, 1.82) is 0 Å². The average Bonchev–Trinajstić information content (AvgIpc) is 1.80. The van der Waals surface area contributed by atoms with Gasteiger partial charge in [-0.3, -0.25) is 4.79 Å². The highest BCUT2D eigenvalue weighted by Gasteiger charge is 2.13. The summed E-state index contributed by atoms with van der Waals surface area (Å²) in [5.41, 5.74) is -0.849. The molecular formula is C7H13Cl3O3. The van der Waals surface area contributed by atoms with Crippen LogP contribution in [-0.4, -0.2) is 26.1 Å². The molecule has 0 aliphatic rings. The van der Waals surface area contributed by atoms with Crippen LogP contribution in [0.3, 0.4) is 0 Å². The van der Waals surface area contributed by atoms with Gasteiger partial charge >= 0.3 is 5.97 Å². The summed E-state index contributed by atoms with van der Waals surface area (Å²) in [7, 11) is 0. The van der Waals surface area contributed by atoms with Crippen LogP contribution in [0.2, 0.25) is 0 Å². The molecule has 0 aliphatic heterocycles. The Morgan fingerprint density at radius 1 is 1.38 bits per heavy atom. The van der Waals surface area contributed by atoms with E-state index in [1.54, 1.807) is 13.8 Å². The Labute approximate surface area is 92.6 Å². The Morgan fingerprint density at radius 3 is 1.77 bits per heavy atom. The number of halogens is 3. The Kier molecular flexibility index (Phi) is 9.31. The fourth-order valence-electron chi connectivity index (χ4n) is 0.413. The van der Waals surface area contributed by atoms with Crippen LogP contribution >= 0.6 is 34.8 Å². The number of carbonyl (C=O) groups is 1. The second kappa shape index (κ2) is 7.68. The van der Waals surface area contributed by atoms with E-state index in [4.69, 9.17) is 45.0 Å². The fraction of sp³-hybridized carbons (Fsp3) is 0.857. The fourth-order valence-corrected chi connectivity index (χ4v) is 0.413. The molecule has 0 aromatic heterocycles. The number of rotatable bonds is 3. The maximum atomic E-state index is 9.93. The quantitative estimate of drug-likeness (QED) is 0.758. The molecule has 0 radical (unpaired) electrons. The van der Waals surface area contributed by atoms with Crippen molar-refractivity contribution < 1.29 is 15.0 Å². The Morgan fingerprint density at radius 2 is 1.69 bits per heavy atom. The SMILES string of the molecule is CC(C)(O)CCC(=O)O.ClC(Cl)Cl. The van der Waals surface area contributed by atoms with Crippen molar-refractivity contribution in [3.8, 4) is 0 Å². The molecule has 0 bridgehead atoms. The van der Waals surface area contributed by atoms with Gasteiger partial charge in [0.1, 0.15) is 0 Å². The second-order valence-corrected chi connectivity index (χ2v) is 4.93. The molecule has 6 heteroatoms. The molecule has 0 fully saturated rings. The molecule has 0 aliphatic carbocycles. The minimum absolute atomic E-state index is 0.0312. The average molecular weight is 252 g/mol. The normalized spacial score (nSPS) is 10.7. The van der Waals surface area contributed by atoms with Gasteiger partial charge in [-0.15, -0.1) is 0 Å². The zero-order valence-electron chi connectivity index (χ0n) is 7.43. The number of hydrogen-bond acceptors (Lipinski definition) is 2. The predicted octanol–water partition coefficient (Wildman–Crippen LogP) is 2.61. The van der Waals surface area contributed by atoms with E-state index in [0.717, 1.165) is 0 Å². The maximum absolute atomic E-state index is 9.93. The lowest BCUT2D eigenvalue weighted by Gasteiger charge is -2.14. The first-order valence-electron chi connectivity index (χ1n) is 3.51. The van der Waals surface area contributed by atoms with Gasteiger partial charge in [-0.05, 0) is 20.3 Å².